The number of benzene rings is 1. The van der Waals surface area contributed by atoms with Gasteiger partial charge in [-0.25, -0.2) is 12.8 Å². The van der Waals surface area contributed by atoms with Gasteiger partial charge in [-0.3, -0.25) is 4.79 Å². The Labute approximate surface area is 106 Å². The summed E-state index contributed by atoms with van der Waals surface area (Å²) in [5.41, 5.74) is 5.28. The van der Waals surface area contributed by atoms with Crippen molar-refractivity contribution in [1.29, 1.82) is 0 Å². The molecule has 0 unspecified atom stereocenters. The van der Waals surface area contributed by atoms with Crippen molar-refractivity contribution in [2.45, 2.75) is 11.4 Å². The van der Waals surface area contributed by atoms with Gasteiger partial charge in [0.1, 0.15) is 17.3 Å². The Kier molecular flexibility index (Phi) is 3.04. The predicted molar refractivity (Wildman–Crippen MR) is 64.1 cm³/mol. The standard InChI is InChI=1S/C10H8ClFN2O3S/c11-18(16,17)8-4-14(5-9(13)15)7-3-1-2-6(12)10(7)8/h1-4H,5H2,(H2,13,15). The van der Waals surface area contributed by atoms with Gasteiger partial charge in [-0.1, -0.05) is 6.07 Å². The van der Waals surface area contributed by atoms with Gasteiger partial charge in [0.15, 0.2) is 0 Å². The van der Waals surface area contributed by atoms with Gasteiger partial charge in [0.05, 0.1) is 10.9 Å². The van der Waals surface area contributed by atoms with E-state index in [9.17, 15) is 17.6 Å². The van der Waals surface area contributed by atoms with E-state index in [1.54, 1.807) is 0 Å². The largest absolute Gasteiger partial charge is 0.368 e. The number of primary amides is 1. The maximum Gasteiger partial charge on any atom is 0.263 e. The number of rotatable bonds is 3. The van der Waals surface area contributed by atoms with E-state index in [1.807, 2.05) is 0 Å². The molecule has 1 aromatic carbocycles. The fraction of sp³-hybridized carbons (Fsp3) is 0.100. The Morgan fingerprint density at radius 3 is 2.67 bits per heavy atom. The number of aromatic nitrogens is 1. The third-order valence-electron chi connectivity index (χ3n) is 2.41. The minimum absolute atomic E-state index is 0.145. The lowest BCUT2D eigenvalue weighted by Gasteiger charge is -2.00. The highest BCUT2D eigenvalue weighted by molar-refractivity contribution is 8.14. The van der Waals surface area contributed by atoms with E-state index in [-0.39, 0.29) is 22.3 Å². The number of halogens is 2. The molecule has 1 aromatic heterocycles. The number of hydrogen-bond acceptors (Lipinski definition) is 3. The van der Waals surface area contributed by atoms with Gasteiger partial charge in [-0.15, -0.1) is 0 Å². The molecule has 2 aromatic rings. The molecule has 0 radical (unpaired) electrons. The molecule has 0 saturated heterocycles. The molecule has 1 heterocycles. The quantitative estimate of drug-likeness (QED) is 0.862. The monoisotopic (exact) mass is 290 g/mol. The minimum atomic E-state index is -4.11. The number of amides is 1. The Morgan fingerprint density at radius 1 is 1.44 bits per heavy atom. The molecule has 0 aliphatic rings. The maximum absolute atomic E-state index is 13.7. The minimum Gasteiger partial charge on any atom is -0.368 e. The Bertz CT molecular complexity index is 739. The summed E-state index contributed by atoms with van der Waals surface area (Å²) in [7, 11) is 1.13. The number of fused-ring (bicyclic) bond motifs is 1. The lowest BCUT2D eigenvalue weighted by atomic mass is 10.2. The molecule has 0 spiro atoms. The number of carbonyl (C=O) groups excluding carboxylic acids is 1. The third-order valence-corrected chi connectivity index (χ3v) is 3.74. The molecule has 2 rings (SSSR count). The average molecular weight is 291 g/mol. The number of nitrogens with two attached hydrogens (primary N) is 1. The van der Waals surface area contributed by atoms with Crippen LogP contribution in [0.3, 0.4) is 0 Å². The second kappa shape index (κ2) is 4.25. The maximum atomic E-state index is 13.7. The zero-order valence-electron chi connectivity index (χ0n) is 8.93. The Hall–Kier alpha value is -1.60. The number of nitrogens with zero attached hydrogens (tertiary/aromatic N) is 1. The van der Waals surface area contributed by atoms with Crippen LogP contribution in [-0.2, 0) is 20.4 Å². The molecule has 2 N–H and O–H groups in total. The fourth-order valence-electron chi connectivity index (χ4n) is 1.76. The zero-order chi connectivity index (χ0) is 13.5. The molecule has 0 atom stereocenters. The molecule has 5 nitrogen and oxygen atoms in total. The summed E-state index contributed by atoms with van der Waals surface area (Å²) >= 11 is 0. The van der Waals surface area contributed by atoms with Crippen LogP contribution in [-0.4, -0.2) is 18.9 Å². The highest BCUT2D eigenvalue weighted by atomic mass is 35.7. The van der Waals surface area contributed by atoms with Crippen molar-refractivity contribution in [2.75, 3.05) is 0 Å². The Morgan fingerprint density at radius 2 is 2.11 bits per heavy atom. The first-order chi connectivity index (χ1) is 8.30. The van der Waals surface area contributed by atoms with E-state index in [1.165, 1.54) is 16.7 Å². The van der Waals surface area contributed by atoms with E-state index in [2.05, 4.69) is 0 Å². The summed E-state index contributed by atoms with van der Waals surface area (Å²) in [6, 6.07) is 4.00. The van der Waals surface area contributed by atoms with Crippen LogP contribution < -0.4 is 5.73 Å². The van der Waals surface area contributed by atoms with E-state index in [0.717, 1.165) is 12.3 Å². The van der Waals surface area contributed by atoms with Crippen molar-refractivity contribution >= 4 is 36.5 Å². The highest BCUT2D eigenvalue weighted by Crippen LogP contribution is 2.29. The second-order valence-electron chi connectivity index (χ2n) is 3.66. The van der Waals surface area contributed by atoms with Gasteiger partial charge < -0.3 is 10.3 Å². The van der Waals surface area contributed by atoms with E-state index >= 15 is 0 Å². The van der Waals surface area contributed by atoms with Gasteiger partial charge in [0, 0.05) is 16.9 Å². The first-order valence-electron chi connectivity index (χ1n) is 4.81. The van der Waals surface area contributed by atoms with Crippen LogP contribution in [0.5, 0.6) is 0 Å². The second-order valence-corrected chi connectivity index (χ2v) is 6.19. The van der Waals surface area contributed by atoms with Crippen molar-refractivity contribution in [3.8, 4) is 0 Å². The summed E-state index contributed by atoms with van der Waals surface area (Å²) in [6.45, 7) is -0.258. The summed E-state index contributed by atoms with van der Waals surface area (Å²) in [5, 5.41) is -0.145. The summed E-state index contributed by atoms with van der Waals surface area (Å²) in [5.74, 6) is -1.40. The fourth-order valence-corrected chi connectivity index (χ4v) is 2.81. The first-order valence-corrected chi connectivity index (χ1v) is 7.12. The van der Waals surface area contributed by atoms with Crippen LogP contribution in [0.1, 0.15) is 0 Å². The molecule has 0 aliphatic carbocycles. The van der Waals surface area contributed by atoms with Crippen LogP contribution >= 0.6 is 10.7 Å². The van der Waals surface area contributed by atoms with Crippen LogP contribution in [0.4, 0.5) is 4.39 Å². The van der Waals surface area contributed by atoms with Crippen molar-refractivity contribution < 1.29 is 17.6 Å². The molecular weight excluding hydrogens is 283 g/mol. The molecular formula is C10H8ClFN2O3S. The summed E-state index contributed by atoms with van der Waals surface area (Å²) < 4.78 is 37.7. The van der Waals surface area contributed by atoms with Crippen molar-refractivity contribution in [2.24, 2.45) is 5.73 Å². The SMILES string of the molecule is NC(=O)Cn1cc(S(=O)(=O)Cl)c2c(F)cccc21. The van der Waals surface area contributed by atoms with Gasteiger partial charge in [-0.05, 0) is 12.1 Å². The lowest BCUT2D eigenvalue weighted by molar-refractivity contribution is -0.118. The third kappa shape index (κ3) is 2.19. The van der Waals surface area contributed by atoms with Crippen LogP contribution in [0.25, 0.3) is 10.9 Å². The first kappa shape index (κ1) is 12.8. The molecule has 0 aliphatic heterocycles. The van der Waals surface area contributed by atoms with Crippen LogP contribution in [0, 0.1) is 5.82 Å². The molecule has 0 fully saturated rings. The predicted octanol–water partition coefficient (Wildman–Crippen LogP) is 1.19. The molecule has 0 saturated carbocycles. The highest BCUT2D eigenvalue weighted by Gasteiger charge is 2.21. The van der Waals surface area contributed by atoms with Crippen LogP contribution in [0.2, 0.25) is 0 Å². The van der Waals surface area contributed by atoms with Crippen molar-refractivity contribution in [3.63, 3.8) is 0 Å². The number of carbonyl (C=O) groups is 1. The number of hydrogen-bond donors (Lipinski definition) is 1. The van der Waals surface area contributed by atoms with Crippen molar-refractivity contribution in [1.82, 2.24) is 4.57 Å². The molecule has 18 heavy (non-hydrogen) atoms. The topological polar surface area (TPSA) is 82.2 Å². The zero-order valence-corrected chi connectivity index (χ0v) is 10.5. The van der Waals surface area contributed by atoms with Crippen LogP contribution in [0.15, 0.2) is 29.3 Å². The van der Waals surface area contributed by atoms with Gasteiger partial charge in [0.25, 0.3) is 9.05 Å². The van der Waals surface area contributed by atoms with Gasteiger partial charge >= 0.3 is 0 Å². The smallest absolute Gasteiger partial charge is 0.263 e. The Balaban J connectivity index is 2.84. The summed E-state index contributed by atoms with van der Waals surface area (Å²) in [6.07, 6.45) is 1.10. The average Bonchev–Trinajstić information content (AvgIpc) is 2.57. The summed E-state index contributed by atoms with van der Waals surface area (Å²) in [4.78, 5) is 10.5. The van der Waals surface area contributed by atoms with E-state index < -0.39 is 20.8 Å². The van der Waals surface area contributed by atoms with Crippen molar-refractivity contribution in [3.05, 3.63) is 30.2 Å². The molecule has 0 bridgehead atoms. The van der Waals surface area contributed by atoms with E-state index in [0.29, 0.717) is 0 Å². The molecule has 96 valence electrons. The normalized spacial score (nSPS) is 11.9. The van der Waals surface area contributed by atoms with Gasteiger partial charge in [0.2, 0.25) is 5.91 Å². The van der Waals surface area contributed by atoms with E-state index in [4.69, 9.17) is 16.4 Å². The van der Waals surface area contributed by atoms with Gasteiger partial charge in [-0.2, -0.15) is 0 Å². The molecule has 1 amide bonds. The lowest BCUT2D eigenvalue weighted by Crippen LogP contribution is -2.17. The molecule has 8 heteroatoms.